The van der Waals surface area contributed by atoms with Gasteiger partial charge in [-0.3, -0.25) is 0 Å². The molecule has 0 aromatic carbocycles. The average Bonchev–Trinajstić information content (AvgIpc) is 1.56. The summed E-state index contributed by atoms with van der Waals surface area (Å²) in [7, 11) is 0. The van der Waals surface area contributed by atoms with Crippen LogP contribution in [0, 0.1) is 0 Å². The number of nitrogens with one attached hydrogen (secondary N) is 1. The number of rotatable bonds is 0. The average molecular weight is 165 g/mol. The predicted octanol–water partition coefficient (Wildman–Crippen LogP) is -0.566. The van der Waals surface area contributed by atoms with E-state index in [2.05, 4.69) is 33.0 Å². The molecule has 0 amide bonds. The third-order valence-corrected chi connectivity index (χ3v) is 2.28. The number of hydrogen-bond acceptors (Lipinski definition) is 1. The molecule has 11 heavy (non-hydrogen) atoms. The van der Waals surface area contributed by atoms with E-state index in [4.69, 9.17) is 0 Å². The van der Waals surface area contributed by atoms with E-state index < -0.39 is 0 Å². The second-order valence-corrected chi connectivity index (χ2v) is 4.75. The van der Waals surface area contributed by atoms with Crippen LogP contribution >= 0.6 is 0 Å². The molecule has 2 heteroatoms. The molecule has 0 unspecified atom stereocenters. The molecule has 0 radical (unpaired) electrons. The monoisotopic (exact) mass is 165 g/mol. The van der Waals surface area contributed by atoms with Crippen LogP contribution in [0.25, 0.3) is 0 Å². The van der Waals surface area contributed by atoms with Gasteiger partial charge >= 0.3 is 29.6 Å². The fraction of sp³-hybridized carbons (Fsp3) is 1.00. The van der Waals surface area contributed by atoms with Gasteiger partial charge in [-0.25, -0.2) is 0 Å². The van der Waals surface area contributed by atoms with E-state index in [1.54, 1.807) is 0 Å². The molecule has 1 saturated heterocycles. The standard InChI is InChI=1S/C9H19N.Na.H/c1-8(2)6-5-7-9(3,4)10-8;;/h10H,5-7H2,1-4H3;;/q;+1;-1. The van der Waals surface area contributed by atoms with E-state index in [1.165, 1.54) is 19.3 Å². The zero-order valence-electron chi connectivity index (χ0n) is 9.62. The Kier molecular flexibility index (Phi) is 4.11. The third-order valence-electron chi connectivity index (χ3n) is 2.28. The largest absolute Gasteiger partial charge is 1.00 e. The van der Waals surface area contributed by atoms with Crippen LogP contribution in [0.5, 0.6) is 0 Å². The quantitative estimate of drug-likeness (QED) is 0.474. The molecule has 1 rings (SSSR count). The Bertz CT molecular complexity index is 120. The van der Waals surface area contributed by atoms with Crippen LogP contribution < -0.4 is 34.9 Å². The van der Waals surface area contributed by atoms with Crippen LogP contribution in [0.15, 0.2) is 0 Å². The fourth-order valence-corrected chi connectivity index (χ4v) is 2.01. The number of hydrogen-bond donors (Lipinski definition) is 1. The summed E-state index contributed by atoms with van der Waals surface area (Å²) in [5, 5.41) is 3.63. The van der Waals surface area contributed by atoms with Crippen LogP contribution in [0.4, 0.5) is 0 Å². The van der Waals surface area contributed by atoms with Crippen molar-refractivity contribution in [2.75, 3.05) is 0 Å². The first-order valence-electron chi connectivity index (χ1n) is 4.21. The van der Waals surface area contributed by atoms with Crippen molar-refractivity contribution in [2.45, 2.75) is 58.0 Å². The maximum atomic E-state index is 3.63. The van der Waals surface area contributed by atoms with Crippen molar-refractivity contribution in [3.05, 3.63) is 0 Å². The third kappa shape index (κ3) is 3.93. The van der Waals surface area contributed by atoms with Gasteiger partial charge in [0.05, 0.1) is 0 Å². The Morgan fingerprint density at radius 2 is 1.36 bits per heavy atom. The Balaban J connectivity index is 0. The van der Waals surface area contributed by atoms with Gasteiger partial charge in [0.15, 0.2) is 0 Å². The molecule has 1 fully saturated rings. The first kappa shape index (κ1) is 12.0. The van der Waals surface area contributed by atoms with Crippen molar-refractivity contribution < 1.29 is 31.0 Å². The fourth-order valence-electron chi connectivity index (χ4n) is 2.01. The first-order chi connectivity index (χ1) is 4.41. The van der Waals surface area contributed by atoms with Gasteiger partial charge in [0.2, 0.25) is 0 Å². The smallest absolute Gasteiger partial charge is 1.00 e. The van der Waals surface area contributed by atoms with Crippen LogP contribution in [-0.4, -0.2) is 11.1 Å². The van der Waals surface area contributed by atoms with E-state index in [0.29, 0.717) is 11.1 Å². The summed E-state index contributed by atoms with van der Waals surface area (Å²) < 4.78 is 0. The molecule has 0 atom stereocenters. The molecule has 62 valence electrons. The van der Waals surface area contributed by atoms with Gasteiger partial charge in [-0.1, -0.05) is 0 Å². The Morgan fingerprint density at radius 3 is 1.55 bits per heavy atom. The molecule has 0 saturated carbocycles. The Labute approximate surface area is 94.1 Å². The van der Waals surface area contributed by atoms with Crippen molar-refractivity contribution in [3.63, 3.8) is 0 Å². The maximum absolute atomic E-state index is 3.63. The summed E-state index contributed by atoms with van der Waals surface area (Å²) in [4.78, 5) is 0. The number of piperidine rings is 1. The topological polar surface area (TPSA) is 12.0 Å². The molecule has 0 aromatic heterocycles. The second kappa shape index (κ2) is 3.78. The van der Waals surface area contributed by atoms with E-state index in [0.717, 1.165) is 0 Å². The van der Waals surface area contributed by atoms with Gasteiger partial charge in [-0.2, -0.15) is 0 Å². The minimum absolute atomic E-state index is 0. The Hall–Kier alpha value is 0.960. The van der Waals surface area contributed by atoms with E-state index in [-0.39, 0.29) is 31.0 Å². The van der Waals surface area contributed by atoms with Crippen molar-refractivity contribution >= 4 is 0 Å². The molecule has 1 heterocycles. The summed E-state index contributed by atoms with van der Waals surface area (Å²) in [6.07, 6.45) is 4.00. The molecule has 1 nitrogen and oxygen atoms in total. The van der Waals surface area contributed by atoms with Gasteiger partial charge in [-0.05, 0) is 47.0 Å². The molecule has 0 aliphatic carbocycles. The van der Waals surface area contributed by atoms with Gasteiger partial charge in [0.1, 0.15) is 0 Å². The minimum Gasteiger partial charge on any atom is -1.00 e. The van der Waals surface area contributed by atoms with E-state index in [9.17, 15) is 0 Å². The zero-order chi connectivity index (χ0) is 7.83. The molecular weight excluding hydrogens is 145 g/mol. The minimum atomic E-state index is 0. The molecule has 1 aliphatic heterocycles. The Morgan fingerprint density at radius 1 is 1.00 bits per heavy atom. The van der Waals surface area contributed by atoms with Crippen molar-refractivity contribution in [2.24, 2.45) is 0 Å². The van der Waals surface area contributed by atoms with Gasteiger partial charge in [0, 0.05) is 11.1 Å². The van der Waals surface area contributed by atoms with Gasteiger partial charge in [-0.15, -0.1) is 0 Å². The van der Waals surface area contributed by atoms with Gasteiger partial charge in [0.25, 0.3) is 0 Å². The van der Waals surface area contributed by atoms with Crippen molar-refractivity contribution in [1.29, 1.82) is 0 Å². The van der Waals surface area contributed by atoms with Gasteiger partial charge < -0.3 is 6.74 Å². The molecule has 1 N–H and O–H groups in total. The molecule has 1 aliphatic rings. The summed E-state index contributed by atoms with van der Waals surface area (Å²) in [5.41, 5.74) is 0.726. The van der Waals surface area contributed by atoms with Crippen LogP contribution in [0.3, 0.4) is 0 Å². The first-order valence-corrected chi connectivity index (χ1v) is 4.21. The summed E-state index contributed by atoms with van der Waals surface area (Å²) in [6, 6.07) is 0. The van der Waals surface area contributed by atoms with Crippen molar-refractivity contribution in [3.8, 4) is 0 Å². The SMILES string of the molecule is CC1(C)CCCC(C)(C)N1.[H-].[Na+]. The molecule has 0 spiro atoms. The van der Waals surface area contributed by atoms with E-state index >= 15 is 0 Å². The molecule has 0 aromatic rings. The molecular formula is C9H20NNa. The maximum Gasteiger partial charge on any atom is 1.00 e. The second-order valence-electron chi connectivity index (χ2n) is 4.75. The molecule has 0 bridgehead atoms. The van der Waals surface area contributed by atoms with Crippen molar-refractivity contribution in [1.82, 2.24) is 5.32 Å². The zero-order valence-corrected chi connectivity index (χ0v) is 10.6. The van der Waals surface area contributed by atoms with Crippen LogP contribution in [-0.2, 0) is 0 Å². The summed E-state index contributed by atoms with van der Waals surface area (Å²) in [5.74, 6) is 0. The summed E-state index contributed by atoms with van der Waals surface area (Å²) in [6.45, 7) is 9.14. The van der Waals surface area contributed by atoms with Crippen LogP contribution in [0.1, 0.15) is 48.4 Å². The predicted molar refractivity (Wildman–Crippen MR) is 46.3 cm³/mol. The van der Waals surface area contributed by atoms with E-state index in [1.807, 2.05) is 0 Å². The summed E-state index contributed by atoms with van der Waals surface area (Å²) >= 11 is 0. The normalized spacial score (nSPS) is 27.3. The van der Waals surface area contributed by atoms with Crippen LogP contribution in [0.2, 0.25) is 0 Å².